The largest absolute Gasteiger partial charge is 0.383 e. The zero-order chi connectivity index (χ0) is 14.8. The molecule has 3 heteroatoms. The van der Waals surface area contributed by atoms with Gasteiger partial charge in [-0.05, 0) is 18.4 Å². The molecule has 0 fully saturated rings. The van der Waals surface area contributed by atoms with Crippen LogP contribution in [-0.2, 0) is 11.2 Å². The topological polar surface area (TPSA) is 40.5 Å². The molecule has 0 aromatic heterocycles. The fourth-order valence-corrected chi connectivity index (χ4v) is 2.17. The van der Waals surface area contributed by atoms with Crippen molar-refractivity contribution in [1.29, 1.82) is 0 Å². The number of amides is 1. The monoisotopic (exact) mass is 277 g/mol. The van der Waals surface area contributed by atoms with Gasteiger partial charge >= 0.3 is 0 Å². The second-order valence-electron chi connectivity index (χ2n) is 5.24. The first-order valence-corrected chi connectivity index (χ1v) is 7.69. The Bertz CT molecular complexity index is 370. The minimum Gasteiger partial charge on any atom is -0.383 e. The average Bonchev–Trinajstić information content (AvgIpc) is 2.48. The van der Waals surface area contributed by atoms with Crippen LogP contribution in [-0.4, -0.2) is 35.1 Å². The highest BCUT2D eigenvalue weighted by Gasteiger charge is 2.21. The smallest absolute Gasteiger partial charge is 0.251 e. The Morgan fingerprint density at radius 3 is 2.15 bits per heavy atom. The molecular weight excluding hydrogens is 250 g/mol. The van der Waals surface area contributed by atoms with Gasteiger partial charge in [0.05, 0.1) is 0 Å². The van der Waals surface area contributed by atoms with Crippen LogP contribution in [0.1, 0.15) is 45.1 Å². The molecule has 0 heterocycles. The Labute approximate surface area is 122 Å². The van der Waals surface area contributed by atoms with E-state index in [0.29, 0.717) is 6.42 Å². The van der Waals surface area contributed by atoms with Crippen LogP contribution in [0.3, 0.4) is 0 Å². The van der Waals surface area contributed by atoms with E-state index in [9.17, 15) is 9.90 Å². The van der Waals surface area contributed by atoms with Gasteiger partial charge in [-0.25, -0.2) is 0 Å². The summed E-state index contributed by atoms with van der Waals surface area (Å²) in [6.07, 6.45) is 3.58. The van der Waals surface area contributed by atoms with Crippen LogP contribution in [0.15, 0.2) is 30.3 Å². The van der Waals surface area contributed by atoms with E-state index in [-0.39, 0.29) is 5.91 Å². The number of aliphatic hydroxyl groups is 1. The van der Waals surface area contributed by atoms with Gasteiger partial charge < -0.3 is 10.0 Å². The van der Waals surface area contributed by atoms with Crippen LogP contribution in [0.2, 0.25) is 0 Å². The minimum absolute atomic E-state index is 0.129. The molecule has 3 nitrogen and oxygen atoms in total. The van der Waals surface area contributed by atoms with Gasteiger partial charge in [0.2, 0.25) is 0 Å². The van der Waals surface area contributed by atoms with E-state index in [1.54, 1.807) is 0 Å². The predicted molar refractivity (Wildman–Crippen MR) is 82.5 cm³/mol. The summed E-state index contributed by atoms with van der Waals surface area (Å²) >= 11 is 0. The van der Waals surface area contributed by atoms with Crippen LogP contribution < -0.4 is 0 Å². The third kappa shape index (κ3) is 5.74. The van der Waals surface area contributed by atoms with Crippen molar-refractivity contribution in [2.24, 2.45) is 0 Å². The SMILES string of the molecule is CCCCN(CCCC)C(=O)C(O)Cc1ccccc1. The number of benzene rings is 1. The van der Waals surface area contributed by atoms with Gasteiger partial charge in [-0.2, -0.15) is 0 Å². The summed E-state index contributed by atoms with van der Waals surface area (Å²) in [6, 6.07) is 9.68. The highest BCUT2D eigenvalue weighted by Crippen LogP contribution is 2.08. The fourth-order valence-electron chi connectivity index (χ4n) is 2.17. The van der Waals surface area contributed by atoms with E-state index in [0.717, 1.165) is 44.3 Å². The summed E-state index contributed by atoms with van der Waals surface area (Å²) in [5.41, 5.74) is 0.999. The molecule has 1 unspecified atom stereocenters. The summed E-state index contributed by atoms with van der Waals surface area (Å²) in [5, 5.41) is 10.1. The van der Waals surface area contributed by atoms with Crippen molar-refractivity contribution in [1.82, 2.24) is 4.90 Å². The lowest BCUT2D eigenvalue weighted by molar-refractivity contribution is -0.140. The number of carbonyl (C=O) groups excluding carboxylic acids is 1. The van der Waals surface area contributed by atoms with Crippen molar-refractivity contribution in [3.8, 4) is 0 Å². The van der Waals surface area contributed by atoms with Crippen molar-refractivity contribution in [3.63, 3.8) is 0 Å². The van der Waals surface area contributed by atoms with Crippen LogP contribution in [0, 0.1) is 0 Å². The summed E-state index contributed by atoms with van der Waals surface area (Å²) in [4.78, 5) is 14.2. The molecule has 0 spiro atoms. The number of aliphatic hydroxyl groups excluding tert-OH is 1. The van der Waals surface area contributed by atoms with Crippen molar-refractivity contribution < 1.29 is 9.90 Å². The number of carbonyl (C=O) groups is 1. The Morgan fingerprint density at radius 1 is 1.10 bits per heavy atom. The maximum Gasteiger partial charge on any atom is 0.251 e. The van der Waals surface area contributed by atoms with Gasteiger partial charge in [0.1, 0.15) is 6.10 Å². The Morgan fingerprint density at radius 2 is 1.65 bits per heavy atom. The first-order valence-electron chi connectivity index (χ1n) is 7.69. The van der Waals surface area contributed by atoms with Crippen LogP contribution >= 0.6 is 0 Å². The second kappa shape index (κ2) is 9.54. The summed E-state index contributed by atoms with van der Waals surface area (Å²) in [7, 11) is 0. The molecule has 112 valence electrons. The first-order chi connectivity index (χ1) is 9.69. The number of nitrogens with zero attached hydrogens (tertiary/aromatic N) is 1. The third-order valence-electron chi connectivity index (χ3n) is 3.43. The summed E-state index contributed by atoms with van der Waals surface area (Å²) in [6.45, 7) is 5.73. The van der Waals surface area contributed by atoms with Crippen molar-refractivity contribution in [2.75, 3.05) is 13.1 Å². The Kier molecular flexibility index (Phi) is 7.97. The van der Waals surface area contributed by atoms with Gasteiger partial charge in [-0.1, -0.05) is 57.0 Å². The Balaban J connectivity index is 2.57. The van der Waals surface area contributed by atoms with Crippen molar-refractivity contribution in [3.05, 3.63) is 35.9 Å². The molecule has 0 aliphatic heterocycles. The number of unbranched alkanes of at least 4 members (excludes halogenated alkanes) is 2. The molecule has 1 aromatic carbocycles. The van der Waals surface area contributed by atoms with Gasteiger partial charge in [0.25, 0.3) is 5.91 Å². The lowest BCUT2D eigenvalue weighted by Gasteiger charge is -2.25. The van der Waals surface area contributed by atoms with Crippen molar-refractivity contribution >= 4 is 5.91 Å². The first kappa shape index (κ1) is 16.7. The molecule has 0 aliphatic carbocycles. The minimum atomic E-state index is -0.925. The summed E-state index contributed by atoms with van der Waals surface area (Å²) in [5.74, 6) is -0.129. The van der Waals surface area contributed by atoms with Crippen LogP contribution in [0.4, 0.5) is 0 Å². The molecule has 0 bridgehead atoms. The lowest BCUT2D eigenvalue weighted by Crippen LogP contribution is -2.41. The normalized spacial score (nSPS) is 12.2. The fraction of sp³-hybridized carbons (Fsp3) is 0.588. The van der Waals surface area contributed by atoms with E-state index in [4.69, 9.17) is 0 Å². The molecule has 0 saturated carbocycles. The highest BCUT2D eigenvalue weighted by atomic mass is 16.3. The van der Waals surface area contributed by atoms with E-state index >= 15 is 0 Å². The maximum atomic E-state index is 12.3. The van der Waals surface area contributed by atoms with Gasteiger partial charge in [-0.3, -0.25) is 4.79 Å². The zero-order valence-electron chi connectivity index (χ0n) is 12.7. The molecule has 20 heavy (non-hydrogen) atoms. The quantitative estimate of drug-likeness (QED) is 0.753. The molecule has 1 rings (SSSR count). The second-order valence-corrected chi connectivity index (χ2v) is 5.24. The van der Waals surface area contributed by atoms with Gasteiger partial charge in [0.15, 0.2) is 0 Å². The van der Waals surface area contributed by atoms with Crippen LogP contribution in [0.25, 0.3) is 0 Å². The van der Waals surface area contributed by atoms with Crippen molar-refractivity contribution in [2.45, 2.75) is 52.1 Å². The summed E-state index contributed by atoms with van der Waals surface area (Å²) < 4.78 is 0. The van der Waals surface area contributed by atoms with Crippen LogP contribution in [0.5, 0.6) is 0 Å². The molecule has 0 radical (unpaired) electrons. The average molecular weight is 277 g/mol. The molecule has 0 aliphatic rings. The Hall–Kier alpha value is -1.35. The molecule has 1 aromatic rings. The van der Waals surface area contributed by atoms with E-state index in [1.807, 2.05) is 35.2 Å². The molecule has 1 amide bonds. The van der Waals surface area contributed by atoms with Gasteiger partial charge in [0, 0.05) is 19.5 Å². The van der Waals surface area contributed by atoms with Gasteiger partial charge in [-0.15, -0.1) is 0 Å². The number of hydrogen-bond acceptors (Lipinski definition) is 2. The lowest BCUT2D eigenvalue weighted by atomic mass is 10.1. The van der Waals surface area contributed by atoms with E-state index in [1.165, 1.54) is 0 Å². The van der Waals surface area contributed by atoms with E-state index < -0.39 is 6.10 Å². The molecular formula is C17H27NO2. The number of rotatable bonds is 9. The standard InChI is InChI=1S/C17H27NO2/c1-3-5-12-18(13-6-4-2)17(20)16(19)14-15-10-8-7-9-11-15/h7-11,16,19H,3-6,12-14H2,1-2H3. The zero-order valence-corrected chi connectivity index (χ0v) is 12.7. The number of hydrogen-bond donors (Lipinski definition) is 1. The molecule has 0 saturated heterocycles. The maximum absolute atomic E-state index is 12.3. The predicted octanol–water partition coefficient (Wildman–Crippen LogP) is 3.02. The third-order valence-corrected chi connectivity index (χ3v) is 3.43. The van der Waals surface area contributed by atoms with E-state index in [2.05, 4.69) is 13.8 Å². The molecule has 1 N–H and O–H groups in total. The highest BCUT2D eigenvalue weighted by molar-refractivity contribution is 5.81. The molecule has 1 atom stereocenters.